The van der Waals surface area contributed by atoms with E-state index in [0.717, 1.165) is 12.1 Å². The van der Waals surface area contributed by atoms with Gasteiger partial charge < -0.3 is 10.6 Å². The standard InChI is InChI=1S/C21H29N3O2S2.HI/c1-4-22-21(24-17(2)14-15-28(3,25)26)23-16-18-10-12-20(13-11-18)27-19-8-6-5-7-9-19;/h5-13,17H,4,14-16H2,1-3H3,(H2,22,23,24);1H. The molecule has 0 bridgehead atoms. The molecule has 29 heavy (non-hydrogen) atoms. The van der Waals surface area contributed by atoms with Crippen LogP contribution in [-0.4, -0.2) is 39.0 Å². The van der Waals surface area contributed by atoms with Crippen LogP contribution >= 0.6 is 35.7 Å². The number of nitrogens with one attached hydrogen (secondary N) is 2. The summed E-state index contributed by atoms with van der Waals surface area (Å²) in [7, 11) is -2.95. The molecule has 0 saturated heterocycles. The Morgan fingerprint density at radius 3 is 2.28 bits per heavy atom. The van der Waals surface area contributed by atoms with Crippen molar-refractivity contribution in [2.75, 3.05) is 18.6 Å². The summed E-state index contributed by atoms with van der Waals surface area (Å²) in [5, 5.41) is 6.49. The van der Waals surface area contributed by atoms with E-state index < -0.39 is 9.84 Å². The lowest BCUT2D eigenvalue weighted by molar-refractivity contribution is 0.581. The van der Waals surface area contributed by atoms with E-state index in [1.807, 2.05) is 32.0 Å². The zero-order chi connectivity index (χ0) is 20.4. The highest BCUT2D eigenvalue weighted by Crippen LogP contribution is 2.27. The molecular weight excluding hydrogens is 517 g/mol. The Bertz CT molecular complexity index is 857. The van der Waals surface area contributed by atoms with Gasteiger partial charge in [0.25, 0.3) is 0 Å². The number of benzene rings is 2. The lowest BCUT2D eigenvalue weighted by Gasteiger charge is -2.17. The maximum absolute atomic E-state index is 11.3. The molecule has 1 atom stereocenters. The number of halogens is 1. The molecule has 0 heterocycles. The van der Waals surface area contributed by atoms with Crippen LogP contribution in [-0.2, 0) is 16.4 Å². The number of rotatable bonds is 9. The minimum Gasteiger partial charge on any atom is -0.357 e. The molecule has 0 aromatic heterocycles. The van der Waals surface area contributed by atoms with Gasteiger partial charge in [-0.2, -0.15) is 0 Å². The van der Waals surface area contributed by atoms with E-state index >= 15 is 0 Å². The van der Waals surface area contributed by atoms with Gasteiger partial charge in [-0.05, 0) is 50.1 Å². The van der Waals surface area contributed by atoms with E-state index in [9.17, 15) is 8.42 Å². The minimum absolute atomic E-state index is 0. The Labute approximate surface area is 196 Å². The molecule has 0 aliphatic carbocycles. The second-order valence-electron chi connectivity index (χ2n) is 6.72. The first-order chi connectivity index (χ1) is 13.4. The second-order valence-corrected chi connectivity index (χ2v) is 10.1. The molecule has 0 spiro atoms. The molecule has 2 rings (SSSR count). The first kappa shape index (κ1) is 25.8. The summed E-state index contributed by atoms with van der Waals surface area (Å²) in [6.45, 7) is 5.28. The number of nitrogens with zero attached hydrogens (tertiary/aromatic N) is 1. The van der Waals surface area contributed by atoms with Gasteiger partial charge in [0.15, 0.2) is 5.96 Å². The third-order valence-corrected chi connectivity index (χ3v) is 5.96. The predicted octanol–water partition coefficient (Wildman–Crippen LogP) is 4.33. The molecule has 8 heteroatoms. The van der Waals surface area contributed by atoms with Crippen LogP contribution in [0.25, 0.3) is 0 Å². The maximum atomic E-state index is 11.3. The molecule has 0 aliphatic rings. The second kappa shape index (κ2) is 13.1. The number of aliphatic imine (C=N–C) groups is 1. The SMILES string of the molecule is CCNC(=NCc1ccc(Sc2ccccc2)cc1)NC(C)CCS(C)(=O)=O.I. The molecule has 0 aliphatic heterocycles. The summed E-state index contributed by atoms with van der Waals surface area (Å²) >= 11 is 1.74. The average Bonchev–Trinajstić information content (AvgIpc) is 2.66. The molecule has 0 fully saturated rings. The van der Waals surface area contributed by atoms with Crippen LogP contribution in [0.4, 0.5) is 0 Å². The van der Waals surface area contributed by atoms with Crippen molar-refractivity contribution in [1.82, 2.24) is 10.6 Å². The Kier molecular flexibility index (Phi) is 11.7. The van der Waals surface area contributed by atoms with Crippen LogP contribution in [0.2, 0.25) is 0 Å². The zero-order valence-electron chi connectivity index (χ0n) is 17.1. The molecule has 5 nitrogen and oxygen atoms in total. The Hall–Kier alpha value is -1.26. The Balaban J connectivity index is 0.00000420. The smallest absolute Gasteiger partial charge is 0.191 e. The Morgan fingerprint density at radius 2 is 1.69 bits per heavy atom. The van der Waals surface area contributed by atoms with Crippen LogP contribution < -0.4 is 10.6 Å². The van der Waals surface area contributed by atoms with Gasteiger partial charge in [0.1, 0.15) is 9.84 Å². The molecule has 160 valence electrons. The van der Waals surface area contributed by atoms with Crippen molar-refractivity contribution >= 4 is 51.5 Å². The molecule has 1 unspecified atom stereocenters. The van der Waals surface area contributed by atoms with Crippen molar-refractivity contribution in [3.05, 3.63) is 60.2 Å². The summed E-state index contributed by atoms with van der Waals surface area (Å²) in [6.07, 6.45) is 1.81. The van der Waals surface area contributed by atoms with Crippen molar-refractivity contribution in [2.24, 2.45) is 4.99 Å². The van der Waals surface area contributed by atoms with Crippen LogP contribution in [0, 0.1) is 0 Å². The normalized spacial score (nSPS) is 12.7. The number of sulfone groups is 1. The van der Waals surface area contributed by atoms with E-state index in [0.29, 0.717) is 18.9 Å². The number of hydrogen-bond acceptors (Lipinski definition) is 4. The van der Waals surface area contributed by atoms with Crippen LogP contribution in [0.5, 0.6) is 0 Å². The fourth-order valence-corrected chi connectivity index (χ4v) is 4.09. The van der Waals surface area contributed by atoms with Crippen LogP contribution in [0.15, 0.2) is 69.4 Å². The molecule has 0 amide bonds. The molecule has 2 aromatic rings. The fourth-order valence-electron chi connectivity index (χ4n) is 2.47. The third-order valence-electron chi connectivity index (χ3n) is 3.97. The monoisotopic (exact) mass is 547 g/mol. The summed E-state index contributed by atoms with van der Waals surface area (Å²) in [6, 6.07) is 18.7. The van der Waals surface area contributed by atoms with E-state index in [2.05, 4.69) is 52.0 Å². The van der Waals surface area contributed by atoms with Gasteiger partial charge in [-0.3, -0.25) is 0 Å². The van der Waals surface area contributed by atoms with E-state index in [4.69, 9.17) is 0 Å². The van der Waals surface area contributed by atoms with Crippen molar-refractivity contribution < 1.29 is 8.42 Å². The summed E-state index contributed by atoms with van der Waals surface area (Å²) in [4.78, 5) is 7.03. The fraction of sp³-hybridized carbons (Fsp3) is 0.381. The lowest BCUT2D eigenvalue weighted by Crippen LogP contribution is -2.42. The van der Waals surface area contributed by atoms with Crippen molar-refractivity contribution in [1.29, 1.82) is 0 Å². The highest BCUT2D eigenvalue weighted by atomic mass is 127. The van der Waals surface area contributed by atoms with Gasteiger partial charge in [-0.1, -0.05) is 42.1 Å². The van der Waals surface area contributed by atoms with Crippen molar-refractivity contribution in [2.45, 2.75) is 42.6 Å². The average molecular weight is 548 g/mol. The van der Waals surface area contributed by atoms with Gasteiger partial charge in [-0.25, -0.2) is 13.4 Å². The number of hydrogen-bond donors (Lipinski definition) is 2. The van der Waals surface area contributed by atoms with Gasteiger partial charge >= 0.3 is 0 Å². The summed E-state index contributed by atoms with van der Waals surface area (Å²) in [5.74, 6) is 0.868. The van der Waals surface area contributed by atoms with Crippen LogP contribution in [0.1, 0.15) is 25.8 Å². The summed E-state index contributed by atoms with van der Waals surface area (Å²) < 4.78 is 22.7. The topological polar surface area (TPSA) is 70.6 Å². The van der Waals surface area contributed by atoms with E-state index in [1.165, 1.54) is 16.0 Å². The zero-order valence-corrected chi connectivity index (χ0v) is 21.1. The first-order valence-corrected chi connectivity index (χ1v) is 12.3. The molecule has 0 radical (unpaired) electrons. The molecule has 2 N–H and O–H groups in total. The van der Waals surface area contributed by atoms with Gasteiger partial charge in [0.2, 0.25) is 0 Å². The van der Waals surface area contributed by atoms with Gasteiger partial charge in [0.05, 0.1) is 12.3 Å². The predicted molar refractivity (Wildman–Crippen MR) is 134 cm³/mol. The maximum Gasteiger partial charge on any atom is 0.191 e. The summed E-state index contributed by atoms with van der Waals surface area (Å²) in [5.41, 5.74) is 1.12. The van der Waals surface area contributed by atoms with Crippen molar-refractivity contribution in [3.8, 4) is 0 Å². The van der Waals surface area contributed by atoms with Crippen molar-refractivity contribution in [3.63, 3.8) is 0 Å². The first-order valence-electron chi connectivity index (χ1n) is 9.40. The lowest BCUT2D eigenvalue weighted by atomic mass is 10.2. The molecule has 0 saturated carbocycles. The Morgan fingerprint density at radius 1 is 1.07 bits per heavy atom. The van der Waals surface area contributed by atoms with E-state index in [-0.39, 0.29) is 35.8 Å². The van der Waals surface area contributed by atoms with Gasteiger partial charge in [-0.15, -0.1) is 24.0 Å². The number of guanidine groups is 1. The quantitative estimate of drug-likeness (QED) is 0.278. The minimum atomic E-state index is -2.95. The highest BCUT2D eigenvalue weighted by Gasteiger charge is 2.09. The largest absolute Gasteiger partial charge is 0.357 e. The highest BCUT2D eigenvalue weighted by molar-refractivity contribution is 14.0. The van der Waals surface area contributed by atoms with Gasteiger partial charge in [0, 0.05) is 28.6 Å². The third kappa shape index (κ3) is 10.9. The molecule has 2 aromatic carbocycles. The van der Waals surface area contributed by atoms with Crippen LogP contribution in [0.3, 0.4) is 0 Å². The van der Waals surface area contributed by atoms with E-state index in [1.54, 1.807) is 11.8 Å². The molecular formula is C21H30IN3O2S2.